The molecule has 5 nitrogen and oxygen atoms in total. The van der Waals surface area contributed by atoms with Crippen LogP contribution in [0.5, 0.6) is 0 Å². The van der Waals surface area contributed by atoms with Gasteiger partial charge in [-0.15, -0.1) is 0 Å². The summed E-state index contributed by atoms with van der Waals surface area (Å²) >= 11 is 11.9. The van der Waals surface area contributed by atoms with Gasteiger partial charge in [0.25, 0.3) is 0 Å². The third-order valence-electron chi connectivity index (χ3n) is 3.18. The molecule has 0 atom stereocenters. The Bertz CT molecular complexity index is 1020. The second-order valence-electron chi connectivity index (χ2n) is 4.76. The van der Waals surface area contributed by atoms with E-state index in [-0.39, 0.29) is 5.57 Å². The largest absolute Gasteiger partial charge is 0.436 e. The number of hydrogen-bond acceptors (Lipinski definition) is 5. The summed E-state index contributed by atoms with van der Waals surface area (Å²) in [7, 11) is 0. The van der Waals surface area contributed by atoms with Gasteiger partial charge in [-0.3, -0.25) is 0 Å². The molecule has 0 radical (unpaired) electrons. The van der Waals surface area contributed by atoms with Crippen LogP contribution in [0.15, 0.2) is 52.6 Å². The molecular weight excluding hydrogens is 347 g/mol. The second kappa shape index (κ2) is 6.64. The number of hydrogen-bond donors (Lipinski definition) is 1. The maximum atomic E-state index is 8.72. The van der Waals surface area contributed by atoms with Gasteiger partial charge < -0.3 is 9.73 Å². The van der Waals surface area contributed by atoms with Gasteiger partial charge in [0.15, 0.2) is 5.58 Å². The van der Waals surface area contributed by atoms with Crippen molar-refractivity contribution in [3.8, 4) is 23.6 Å². The van der Waals surface area contributed by atoms with Gasteiger partial charge in [0, 0.05) is 17.5 Å². The van der Waals surface area contributed by atoms with E-state index in [1.54, 1.807) is 48.5 Å². The Morgan fingerprint density at radius 2 is 1.88 bits per heavy atom. The van der Waals surface area contributed by atoms with Crippen LogP contribution in [0, 0.1) is 22.7 Å². The molecule has 0 amide bonds. The molecule has 2 aromatic carbocycles. The van der Waals surface area contributed by atoms with Crippen molar-refractivity contribution in [2.24, 2.45) is 0 Å². The average molecular weight is 355 g/mol. The first-order chi connectivity index (χ1) is 11.6. The van der Waals surface area contributed by atoms with Gasteiger partial charge in [-0.1, -0.05) is 23.2 Å². The summed E-state index contributed by atoms with van der Waals surface area (Å²) in [5, 5.41) is 21.2. The summed E-state index contributed by atoms with van der Waals surface area (Å²) in [5.74, 6) is 0.422. The zero-order chi connectivity index (χ0) is 17.1. The van der Waals surface area contributed by atoms with Gasteiger partial charge in [0.05, 0.1) is 10.0 Å². The van der Waals surface area contributed by atoms with Crippen LogP contribution in [-0.2, 0) is 0 Å². The second-order valence-corrected chi connectivity index (χ2v) is 5.57. The maximum absolute atomic E-state index is 8.72. The van der Waals surface area contributed by atoms with Gasteiger partial charge in [-0.25, -0.2) is 4.98 Å². The van der Waals surface area contributed by atoms with Crippen molar-refractivity contribution in [1.82, 2.24) is 4.98 Å². The Morgan fingerprint density at radius 3 is 2.58 bits per heavy atom. The lowest BCUT2D eigenvalue weighted by Crippen LogP contribution is -1.89. The van der Waals surface area contributed by atoms with E-state index in [4.69, 9.17) is 38.1 Å². The highest BCUT2D eigenvalue weighted by atomic mass is 35.5. The topological polar surface area (TPSA) is 85.6 Å². The molecule has 0 fully saturated rings. The third kappa shape index (κ3) is 3.18. The van der Waals surface area contributed by atoms with E-state index in [9.17, 15) is 0 Å². The van der Waals surface area contributed by atoms with Crippen molar-refractivity contribution in [2.45, 2.75) is 0 Å². The Kier molecular flexibility index (Phi) is 4.39. The molecule has 0 aliphatic rings. The van der Waals surface area contributed by atoms with E-state index in [2.05, 4.69) is 10.3 Å². The molecule has 0 saturated heterocycles. The van der Waals surface area contributed by atoms with Gasteiger partial charge in [-0.2, -0.15) is 10.5 Å². The molecule has 1 N–H and O–H groups in total. The molecule has 0 unspecified atom stereocenters. The van der Waals surface area contributed by atoms with Crippen LogP contribution in [0.25, 0.3) is 22.6 Å². The minimum absolute atomic E-state index is 0.0215. The zero-order valence-electron chi connectivity index (χ0n) is 12.0. The SMILES string of the molecule is N#CC(C#N)=CNc1ccc2oc(-c3ccc(Cl)c(Cl)c3)nc2c1. The van der Waals surface area contributed by atoms with Gasteiger partial charge in [-0.05, 0) is 36.4 Å². The van der Waals surface area contributed by atoms with Crippen molar-refractivity contribution >= 4 is 40.0 Å². The smallest absolute Gasteiger partial charge is 0.227 e. The number of nitriles is 2. The first-order valence-corrected chi connectivity index (χ1v) is 7.49. The van der Waals surface area contributed by atoms with E-state index in [0.717, 1.165) is 0 Å². The maximum Gasteiger partial charge on any atom is 0.227 e. The number of oxazole rings is 1. The molecule has 3 rings (SSSR count). The Labute approximate surface area is 147 Å². The quantitative estimate of drug-likeness (QED) is 0.657. The Balaban J connectivity index is 1.95. The molecule has 0 aliphatic carbocycles. The van der Waals surface area contributed by atoms with Gasteiger partial charge in [0.1, 0.15) is 23.2 Å². The molecule has 0 spiro atoms. The fourth-order valence-corrected chi connectivity index (χ4v) is 2.31. The molecule has 3 aromatic rings. The molecule has 0 bridgehead atoms. The van der Waals surface area contributed by atoms with Crippen LogP contribution in [0.3, 0.4) is 0 Å². The molecule has 24 heavy (non-hydrogen) atoms. The van der Waals surface area contributed by atoms with E-state index in [1.165, 1.54) is 6.20 Å². The normalized spacial score (nSPS) is 10.0. The molecule has 116 valence electrons. The summed E-state index contributed by atoms with van der Waals surface area (Å²) in [5.41, 5.74) is 2.61. The van der Waals surface area contributed by atoms with Crippen LogP contribution in [0.4, 0.5) is 5.69 Å². The van der Waals surface area contributed by atoms with Crippen molar-refractivity contribution in [3.05, 3.63) is 58.2 Å². The van der Waals surface area contributed by atoms with Crippen molar-refractivity contribution < 1.29 is 4.42 Å². The Hall–Kier alpha value is -2.99. The molecular formula is C17H8Cl2N4O. The zero-order valence-corrected chi connectivity index (χ0v) is 13.6. The molecule has 1 heterocycles. The highest BCUT2D eigenvalue weighted by Gasteiger charge is 2.10. The van der Waals surface area contributed by atoms with Gasteiger partial charge in [0.2, 0.25) is 5.89 Å². The Morgan fingerprint density at radius 1 is 1.08 bits per heavy atom. The van der Waals surface area contributed by atoms with Gasteiger partial charge >= 0.3 is 0 Å². The van der Waals surface area contributed by atoms with Crippen molar-refractivity contribution in [1.29, 1.82) is 10.5 Å². The minimum Gasteiger partial charge on any atom is -0.436 e. The summed E-state index contributed by atoms with van der Waals surface area (Å²) in [4.78, 5) is 4.42. The van der Waals surface area contributed by atoms with Crippen LogP contribution >= 0.6 is 23.2 Å². The lowest BCUT2D eigenvalue weighted by Gasteiger charge is -1.98. The number of halogens is 2. The van der Waals surface area contributed by atoms with Crippen molar-refractivity contribution in [2.75, 3.05) is 5.32 Å². The van der Waals surface area contributed by atoms with Crippen molar-refractivity contribution in [3.63, 3.8) is 0 Å². The first-order valence-electron chi connectivity index (χ1n) is 6.73. The van der Waals surface area contributed by atoms with Crippen LogP contribution in [0.1, 0.15) is 0 Å². The summed E-state index contributed by atoms with van der Waals surface area (Å²) in [6, 6.07) is 13.9. The lowest BCUT2D eigenvalue weighted by atomic mass is 10.2. The predicted octanol–water partition coefficient (Wildman–Crippen LogP) is 5.14. The predicted molar refractivity (Wildman–Crippen MR) is 92.4 cm³/mol. The number of anilines is 1. The number of fused-ring (bicyclic) bond motifs is 1. The summed E-state index contributed by atoms with van der Waals surface area (Å²) in [6.45, 7) is 0. The van der Waals surface area contributed by atoms with E-state index >= 15 is 0 Å². The number of benzene rings is 2. The number of nitrogens with zero attached hydrogens (tertiary/aromatic N) is 3. The highest BCUT2D eigenvalue weighted by molar-refractivity contribution is 6.42. The lowest BCUT2D eigenvalue weighted by molar-refractivity contribution is 0.620. The minimum atomic E-state index is -0.0215. The third-order valence-corrected chi connectivity index (χ3v) is 3.92. The number of nitrogens with one attached hydrogen (secondary N) is 1. The van der Waals surface area contributed by atoms with Crippen LogP contribution in [0.2, 0.25) is 10.0 Å². The monoisotopic (exact) mass is 354 g/mol. The molecule has 0 saturated carbocycles. The highest BCUT2D eigenvalue weighted by Crippen LogP contribution is 2.30. The number of aromatic nitrogens is 1. The van der Waals surface area contributed by atoms with E-state index < -0.39 is 0 Å². The van der Waals surface area contributed by atoms with E-state index in [1.807, 2.05) is 0 Å². The summed E-state index contributed by atoms with van der Waals surface area (Å²) < 4.78 is 5.71. The van der Waals surface area contributed by atoms with Crippen LogP contribution < -0.4 is 5.32 Å². The number of allylic oxidation sites excluding steroid dienone is 1. The van der Waals surface area contributed by atoms with E-state index in [0.29, 0.717) is 38.3 Å². The molecule has 7 heteroatoms. The standard InChI is InChI=1S/C17H8Cl2N4O/c18-13-3-1-11(5-14(13)19)17-23-15-6-12(2-4-16(15)24-17)22-9-10(7-20)8-21/h1-6,9,22H. The summed E-state index contributed by atoms with van der Waals surface area (Å²) in [6.07, 6.45) is 1.33. The van der Waals surface area contributed by atoms with Crippen LogP contribution in [-0.4, -0.2) is 4.98 Å². The average Bonchev–Trinajstić information content (AvgIpc) is 3.01. The fraction of sp³-hybridized carbons (Fsp3) is 0. The fourth-order valence-electron chi connectivity index (χ4n) is 2.01. The number of rotatable bonds is 3. The first kappa shape index (κ1) is 15.9. The molecule has 1 aromatic heterocycles. The molecule has 0 aliphatic heterocycles.